The molecule has 1 aromatic carbocycles. The maximum absolute atomic E-state index is 14.1. The molecular formula is C14H18BrFN2S. The average Bonchev–Trinajstić information content (AvgIpc) is 2.45. The number of benzene rings is 1. The third-order valence-electron chi connectivity index (χ3n) is 3.53. The number of nitrogens with zero attached hydrogens (tertiary/aromatic N) is 1. The van der Waals surface area contributed by atoms with E-state index in [1.165, 1.54) is 0 Å². The highest BCUT2D eigenvalue weighted by Crippen LogP contribution is 2.32. The molecule has 104 valence electrons. The smallest absolute Gasteiger partial charge is 0.161 e. The lowest BCUT2D eigenvalue weighted by molar-refractivity contribution is 0.569. The Bertz CT molecular complexity index is 473. The van der Waals surface area contributed by atoms with Crippen LogP contribution in [0.25, 0.3) is 0 Å². The summed E-state index contributed by atoms with van der Waals surface area (Å²) in [5, 5.41) is 12.0. The largest absolute Gasteiger partial charge is 0.381 e. The number of hydrogen-bond acceptors (Lipinski definition) is 3. The Morgan fingerprint density at radius 1 is 1.42 bits per heavy atom. The molecule has 0 unspecified atom stereocenters. The van der Waals surface area contributed by atoms with Crippen LogP contribution in [0.4, 0.5) is 10.1 Å². The van der Waals surface area contributed by atoms with Crippen LogP contribution in [0, 0.1) is 17.1 Å². The summed E-state index contributed by atoms with van der Waals surface area (Å²) in [7, 11) is 0. The molecule has 0 saturated heterocycles. The highest BCUT2D eigenvalue weighted by Gasteiger charge is 2.25. The molecule has 0 heterocycles. The summed E-state index contributed by atoms with van der Waals surface area (Å²) < 4.78 is 14.4. The van der Waals surface area contributed by atoms with E-state index in [-0.39, 0.29) is 9.22 Å². The van der Waals surface area contributed by atoms with Crippen molar-refractivity contribution in [2.45, 2.75) is 31.4 Å². The standard InChI is InChI=1S/C14H18BrFN2S/c1-4-14(5-2,19-3)9-18-11-7-6-10(8-17)12(15)13(11)16/h6-7,18H,4-5,9H2,1-3H3. The van der Waals surface area contributed by atoms with Gasteiger partial charge < -0.3 is 5.32 Å². The molecule has 0 saturated carbocycles. The third-order valence-corrected chi connectivity index (χ3v) is 5.89. The van der Waals surface area contributed by atoms with Gasteiger partial charge in [-0.25, -0.2) is 4.39 Å². The zero-order valence-electron chi connectivity index (χ0n) is 11.4. The highest BCUT2D eigenvalue weighted by atomic mass is 79.9. The Balaban J connectivity index is 2.90. The van der Waals surface area contributed by atoms with Gasteiger partial charge in [-0.1, -0.05) is 13.8 Å². The van der Waals surface area contributed by atoms with Crippen LogP contribution in [-0.4, -0.2) is 17.5 Å². The summed E-state index contributed by atoms with van der Waals surface area (Å²) in [6.07, 6.45) is 4.13. The lowest BCUT2D eigenvalue weighted by atomic mass is 10.0. The van der Waals surface area contributed by atoms with E-state index in [1.807, 2.05) is 6.07 Å². The summed E-state index contributed by atoms with van der Waals surface area (Å²) in [6, 6.07) is 5.19. The summed E-state index contributed by atoms with van der Waals surface area (Å²) >= 11 is 4.93. The quantitative estimate of drug-likeness (QED) is 0.805. The van der Waals surface area contributed by atoms with Crippen LogP contribution in [-0.2, 0) is 0 Å². The second-order valence-corrected chi connectivity index (χ2v) is 6.42. The first kappa shape index (κ1) is 16.3. The van der Waals surface area contributed by atoms with Gasteiger partial charge >= 0.3 is 0 Å². The van der Waals surface area contributed by atoms with Gasteiger partial charge in [-0.2, -0.15) is 17.0 Å². The number of thioether (sulfide) groups is 1. The maximum Gasteiger partial charge on any atom is 0.161 e. The number of nitrogens with one attached hydrogen (secondary N) is 1. The zero-order chi connectivity index (χ0) is 14.5. The Kier molecular flexibility index (Phi) is 6.15. The van der Waals surface area contributed by atoms with Gasteiger partial charge in [0.25, 0.3) is 0 Å². The minimum Gasteiger partial charge on any atom is -0.381 e. The summed E-state index contributed by atoms with van der Waals surface area (Å²) in [5.41, 5.74) is 0.747. The van der Waals surface area contributed by atoms with Crippen molar-refractivity contribution in [2.24, 2.45) is 0 Å². The predicted octanol–water partition coefficient (Wildman–Crippen LogP) is 4.79. The normalized spacial score (nSPS) is 11.2. The molecule has 0 fully saturated rings. The zero-order valence-corrected chi connectivity index (χ0v) is 13.8. The fourth-order valence-corrected chi connectivity index (χ4v) is 3.12. The molecule has 5 heteroatoms. The van der Waals surface area contributed by atoms with Crippen molar-refractivity contribution < 1.29 is 4.39 Å². The fourth-order valence-electron chi connectivity index (χ4n) is 1.89. The van der Waals surface area contributed by atoms with E-state index in [4.69, 9.17) is 5.26 Å². The molecule has 2 nitrogen and oxygen atoms in total. The topological polar surface area (TPSA) is 35.8 Å². The number of rotatable bonds is 6. The minimum atomic E-state index is -0.402. The van der Waals surface area contributed by atoms with Crippen LogP contribution in [0.2, 0.25) is 0 Å². The molecule has 1 aromatic rings. The molecule has 0 aliphatic carbocycles. The van der Waals surface area contributed by atoms with Gasteiger partial charge in [-0.3, -0.25) is 0 Å². The van der Waals surface area contributed by atoms with Crippen molar-refractivity contribution in [3.63, 3.8) is 0 Å². The van der Waals surface area contributed by atoms with Gasteiger partial charge in [0.05, 0.1) is 15.7 Å². The third kappa shape index (κ3) is 3.64. The Morgan fingerprint density at radius 3 is 2.53 bits per heavy atom. The SMILES string of the molecule is CCC(CC)(CNc1ccc(C#N)c(Br)c1F)SC. The molecule has 0 amide bonds. The first-order chi connectivity index (χ1) is 9.03. The Hall–Kier alpha value is -0.730. The van der Waals surface area contributed by atoms with Crippen LogP contribution in [0.15, 0.2) is 16.6 Å². The molecule has 0 aliphatic rings. The molecule has 0 atom stereocenters. The molecule has 19 heavy (non-hydrogen) atoms. The molecule has 0 aliphatic heterocycles. The maximum atomic E-state index is 14.1. The van der Waals surface area contributed by atoms with Crippen molar-refractivity contribution >= 4 is 33.4 Å². The van der Waals surface area contributed by atoms with E-state index in [1.54, 1.807) is 23.9 Å². The summed E-state index contributed by atoms with van der Waals surface area (Å²) in [5.74, 6) is -0.402. The molecule has 0 aromatic heterocycles. The van der Waals surface area contributed by atoms with Crippen molar-refractivity contribution in [3.05, 3.63) is 28.0 Å². The van der Waals surface area contributed by atoms with Crippen molar-refractivity contribution in [1.29, 1.82) is 5.26 Å². The van der Waals surface area contributed by atoms with Gasteiger partial charge in [0.2, 0.25) is 0 Å². The van der Waals surface area contributed by atoms with E-state index < -0.39 is 5.82 Å². The number of hydrogen-bond donors (Lipinski definition) is 1. The van der Waals surface area contributed by atoms with Gasteiger partial charge in [0.1, 0.15) is 6.07 Å². The van der Waals surface area contributed by atoms with Crippen LogP contribution in [0.5, 0.6) is 0 Å². The lowest BCUT2D eigenvalue weighted by Gasteiger charge is -2.30. The molecule has 0 spiro atoms. The number of nitriles is 1. The monoisotopic (exact) mass is 344 g/mol. The van der Waals surface area contributed by atoms with Crippen molar-refractivity contribution in [2.75, 3.05) is 18.1 Å². The van der Waals surface area contributed by atoms with Gasteiger partial charge in [0.15, 0.2) is 5.82 Å². The molecule has 1 N–H and O–H groups in total. The first-order valence-electron chi connectivity index (χ1n) is 6.20. The minimum absolute atomic E-state index is 0.118. The summed E-state index contributed by atoms with van der Waals surface area (Å²) in [6.45, 7) is 5.00. The van der Waals surface area contributed by atoms with E-state index in [0.717, 1.165) is 12.8 Å². The fraction of sp³-hybridized carbons (Fsp3) is 0.500. The van der Waals surface area contributed by atoms with Crippen LogP contribution in [0.1, 0.15) is 32.3 Å². The van der Waals surface area contributed by atoms with Crippen LogP contribution < -0.4 is 5.32 Å². The van der Waals surface area contributed by atoms with Crippen LogP contribution in [0.3, 0.4) is 0 Å². The molecule has 0 radical (unpaired) electrons. The Morgan fingerprint density at radius 2 is 2.05 bits per heavy atom. The van der Waals surface area contributed by atoms with Crippen molar-refractivity contribution in [3.8, 4) is 6.07 Å². The van der Waals surface area contributed by atoms with E-state index in [0.29, 0.717) is 17.8 Å². The average molecular weight is 345 g/mol. The molecular weight excluding hydrogens is 327 g/mol. The van der Waals surface area contributed by atoms with E-state index >= 15 is 0 Å². The van der Waals surface area contributed by atoms with E-state index in [2.05, 4.69) is 41.3 Å². The number of anilines is 1. The van der Waals surface area contributed by atoms with Gasteiger partial charge in [-0.15, -0.1) is 0 Å². The van der Waals surface area contributed by atoms with Crippen LogP contribution >= 0.6 is 27.7 Å². The second-order valence-electron chi connectivity index (χ2n) is 4.35. The molecule has 1 rings (SSSR count). The van der Waals surface area contributed by atoms with Crippen molar-refractivity contribution in [1.82, 2.24) is 0 Å². The van der Waals surface area contributed by atoms with Gasteiger partial charge in [-0.05, 0) is 47.2 Å². The predicted molar refractivity (Wildman–Crippen MR) is 84.1 cm³/mol. The van der Waals surface area contributed by atoms with Gasteiger partial charge in [0, 0.05) is 11.3 Å². The highest BCUT2D eigenvalue weighted by molar-refractivity contribution is 9.10. The lowest BCUT2D eigenvalue weighted by Crippen LogP contribution is -2.32. The summed E-state index contributed by atoms with van der Waals surface area (Å²) in [4.78, 5) is 0. The second kappa shape index (κ2) is 7.16. The van der Waals surface area contributed by atoms with E-state index in [9.17, 15) is 4.39 Å². The Labute approximate surface area is 126 Å². The molecule has 0 bridgehead atoms. The first-order valence-corrected chi connectivity index (χ1v) is 8.22. The number of halogens is 2.